The Morgan fingerprint density at radius 2 is 1.64 bits per heavy atom. The van der Waals surface area contributed by atoms with Gasteiger partial charge >= 0.3 is 6.03 Å². The van der Waals surface area contributed by atoms with Gasteiger partial charge in [-0.2, -0.15) is 0 Å². The van der Waals surface area contributed by atoms with Crippen molar-refractivity contribution in [2.75, 3.05) is 42.5 Å². The summed E-state index contributed by atoms with van der Waals surface area (Å²) in [4.78, 5) is 30.7. The first-order valence-electron chi connectivity index (χ1n) is 12.6. The normalized spacial score (nSPS) is 17.1. The number of likely N-dealkylation sites (tertiary alicyclic amines) is 2. The van der Waals surface area contributed by atoms with Crippen LogP contribution in [0.1, 0.15) is 43.0 Å². The van der Waals surface area contributed by atoms with Gasteiger partial charge in [-0.1, -0.05) is 12.1 Å². The molecule has 2 aliphatic rings. The van der Waals surface area contributed by atoms with Crippen LogP contribution in [0.25, 0.3) is 10.4 Å². The number of nitrogens with one attached hydrogen (secondary N) is 2. The Morgan fingerprint density at radius 1 is 0.944 bits per heavy atom. The predicted molar refractivity (Wildman–Crippen MR) is 148 cm³/mol. The van der Waals surface area contributed by atoms with Gasteiger partial charge in [0.1, 0.15) is 0 Å². The van der Waals surface area contributed by atoms with E-state index < -0.39 is 0 Å². The summed E-state index contributed by atoms with van der Waals surface area (Å²) in [7, 11) is 0. The highest BCUT2D eigenvalue weighted by Crippen LogP contribution is 2.31. The molecule has 2 aliphatic heterocycles. The Hall–Kier alpha value is -3.52. The smallest absolute Gasteiger partial charge is 0.320 e. The van der Waals surface area contributed by atoms with Crippen molar-refractivity contribution >= 4 is 40.3 Å². The second-order valence-corrected chi connectivity index (χ2v) is 10.9. The van der Waals surface area contributed by atoms with E-state index >= 15 is 0 Å². The van der Waals surface area contributed by atoms with Crippen molar-refractivity contribution < 1.29 is 9.59 Å². The predicted octanol–water partition coefficient (Wildman–Crippen LogP) is 5.73. The molecule has 7 nitrogen and oxygen atoms in total. The zero-order chi connectivity index (χ0) is 25.1. The fourth-order valence-corrected chi connectivity index (χ4v) is 5.66. The Balaban J connectivity index is 1.18. The second-order valence-electron chi connectivity index (χ2n) is 9.96. The summed E-state index contributed by atoms with van der Waals surface area (Å²) in [6.07, 6.45) is 3.99. The van der Waals surface area contributed by atoms with Crippen LogP contribution in [-0.4, -0.2) is 53.5 Å². The highest BCUT2D eigenvalue weighted by molar-refractivity contribution is 7.13. The van der Waals surface area contributed by atoms with Crippen molar-refractivity contribution in [1.82, 2.24) is 9.80 Å². The van der Waals surface area contributed by atoms with Gasteiger partial charge < -0.3 is 26.2 Å². The Labute approximate surface area is 216 Å². The van der Waals surface area contributed by atoms with Gasteiger partial charge in [-0.25, -0.2) is 4.79 Å². The lowest BCUT2D eigenvalue weighted by atomic mass is 9.89. The fraction of sp³-hybridized carbons (Fsp3) is 0.357. The number of nitrogens with two attached hydrogens (primary N) is 1. The van der Waals surface area contributed by atoms with E-state index in [4.69, 9.17) is 5.73 Å². The van der Waals surface area contributed by atoms with Crippen LogP contribution < -0.4 is 16.4 Å². The first kappa shape index (κ1) is 24.2. The second kappa shape index (κ2) is 10.2. The standard InChI is InChI=1S/C28H33N5O2S/c1-28(12-16-33(17-13-28)27(35)32-14-2-3-15-32)31-22-9-6-20(7-10-22)26(34)30-24-19-21(8-11-23(24)29)25-5-4-18-36-25/h4-11,18-19,31H,2-3,12-17,29H2,1H3,(H,30,34). The van der Waals surface area contributed by atoms with E-state index in [-0.39, 0.29) is 17.5 Å². The molecule has 2 saturated heterocycles. The van der Waals surface area contributed by atoms with Gasteiger partial charge in [-0.15, -0.1) is 11.3 Å². The van der Waals surface area contributed by atoms with E-state index in [0.717, 1.165) is 68.0 Å². The number of urea groups is 1. The van der Waals surface area contributed by atoms with Crippen LogP contribution >= 0.6 is 11.3 Å². The van der Waals surface area contributed by atoms with Crippen molar-refractivity contribution in [2.24, 2.45) is 0 Å². The fourth-order valence-electron chi connectivity index (χ4n) is 4.93. The van der Waals surface area contributed by atoms with Crippen molar-refractivity contribution in [3.63, 3.8) is 0 Å². The van der Waals surface area contributed by atoms with Gasteiger partial charge in [0, 0.05) is 47.8 Å². The summed E-state index contributed by atoms with van der Waals surface area (Å²) in [5, 5.41) is 8.61. The highest BCUT2D eigenvalue weighted by Gasteiger charge is 2.33. The molecular formula is C28H33N5O2S. The lowest BCUT2D eigenvalue weighted by Gasteiger charge is -2.41. The number of nitrogens with zero attached hydrogens (tertiary/aromatic N) is 2. The van der Waals surface area contributed by atoms with Crippen molar-refractivity contribution in [1.29, 1.82) is 0 Å². The zero-order valence-corrected chi connectivity index (χ0v) is 21.4. The summed E-state index contributed by atoms with van der Waals surface area (Å²) >= 11 is 1.65. The molecule has 0 atom stereocenters. The van der Waals surface area contributed by atoms with Crippen LogP contribution in [-0.2, 0) is 0 Å². The van der Waals surface area contributed by atoms with Crippen LogP contribution in [0.4, 0.5) is 21.9 Å². The summed E-state index contributed by atoms with van der Waals surface area (Å²) in [5.41, 5.74) is 9.73. The van der Waals surface area contributed by atoms with Gasteiger partial charge in [0.05, 0.1) is 11.4 Å². The third-order valence-corrected chi connectivity index (χ3v) is 8.13. The molecule has 188 valence electrons. The third kappa shape index (κ3) is 5.33. The molecule has 8 heteroatoms. The molecule has 5 rings (SSSR count). The number of thiophene rings is 1. The topological polar surface area (TPSA) is 90.7 Å². The Morgan fingerprint density at radius 3 is 2.31 bits per heavy atom. The number of hydrogen-bond acceptors (Lipinski definition) is 5. The molecule has 4 N–H and O–H groups in total. The zero-order valence-electron chi connectivity index (χ0n) is 20.6. The molecule has 3 heterocycles. The lowest BCUT2D eigenvalue weighted by molar-refractivity contribution is 0.102. The maximum Gasteiger partial charge on any atom is 0.320 e. The number of rotatable bonds is 5. The van der Waals surface area contributed by atoms with Gasteiger partial charge in [0.15, 0.2) is 0 Å². The van der Waals surface area contributed by atoms with Gasteiger partial charge in [-0.3, -0.25) is 4.79 Å². The molecule has 3 aromatic rings. The van der Waals surface area contributed by atoms with E-state index in [1.807, 2.05) is 69.8 Å². The van der Waals surface area contributed by atoms with E-state index in [1.54, 1.807) is 11.3 Å². The average Bonchev–Trinajstić information content (AvgIpc) is 3.61. The molecule has 3 amide bonds. The molecular weight excluding hydrogens is 470 g/mol. The van der Waals surface area contributed by atoms with Gasteiger partial charge in [0.25, 0.3) is 5.91 Å². The number of benzene rings is 2. The van der Waals surface area contributed by atoms with E-state index in [1.165, 1.54) is 0 Å². The summed E-state index contributed by atoms with van der Waals surface area (Å²) < 4.78 is 0. The Kier molecular flexibility index (Phi) is 6.87. The highest BCUT2D eigenvalue weighted by atomic mass is 32.1. The SMILES string of the molecule is CC1(Nc2ccc(C(=O)Nc3cc(-c4cccs4)ccc3N)cc2)CCN(C(=O)N2CCCC2)CC1. The molecule has 1 aromatic heterocycles. The molecule has 0 unspecified atom stereocenters. The Bertz CT molecular complexity index is 1210. The van der Waals surface area contributed by atoms with E-state index in [0.29, 0.717) is 16.9 Å². The summed E-state index contributed by atoms with van der Waals surface area (Å²) in [5.74, 6) is -0.198. The monoisotopic (exact) mass is 503 g/mol. The maximum absolute atomic E-state index is 12.9. The van der Waals surface area contributed by atoms with Crippen LogP contribution in [0.5, 0.6) is 0 Å². The lowest BCUT2D eigenvalue weighted by Crippen LogP contribution is -2.52. The molecule has 0 spiro atoms. The van der Waals surface area contributed by atoms with Gasteiger partial charge in [-0.05, 0) is 86.0 Å². The molecule has 0 aliphatic carbocycles. The van der Waals surface area contributed by atoms with Crippen LogP contribution in [0, 0.1) is 0 Å². The number of hydrogen-bond donors (Lipinski definition) is 3. The number of nitrogen functional groups attached to an aromatic ring is 1. The van der Waals surface area contributed by atoms with Crippen LogP contribution in [0.15, 0.2) is 60.0 Å². The third-order valence-electron chi connectivity index (χ3n) is 7.21. The maximum atomic E-state index is 12.9. The minimum Gasteiger partial charge on any atom is -0.397 e. The molecule has 36 heavy (non-hydrogen) atoms. The van der Waals surface area contributed by atoms with Crippen molar-refractivity contribution in [3.8, 4) is 10.4 Å². The first-order valence-corrected chi connectivity index (χ1v) is 13.5. The number of anilines is 3. The van der Waals surface area contributed by atoms with Gasteiger partial charge in [0.2, 0.25) is 0 Å². The average molecular weight is 504 g/mol. The molecule has 2 fully saturated rings. The minimum absolute atomic E-state index is 0.0950. The van der Waals surface area contributed by atoms with Crippen LogP contribution in [0.2, 0.25) is 0 Å². The minimum atomic E-state index is -0.198. The molecule has 2 aromatic carbocycles. The first-order chi connectivity index (χ1) is 17.4. The van der Waals surface area contributed by atoms with Crippen molar-refractivity contribution in [3.05, 3.63) is 65.5 Å². The van der Waals surface area contributed by atoms with Crippen LogP contribution in [0.3, 0.4) is 0 Å². The quantitative estimate of drug-likeness (QED) is 0.388. The molecule has 0 saturated carbocycles. The largest absolute Gasteiger partial charge is 0.397 e. The number of piperidine rings is 1. The number of carbonyl (C=O) groups excluding carboxylic acids is 2. The molecule has 0 radical (unpaired) electrons. The summed E-state index contributed by atoms with van der Waals surface area (Å²) in [6.45, 7) is 5.49. The number of carbonyl (C=O) groups is 2. The number of amides is 3. The van der Waals surface area contributed by atoms with Crippen molar-refractivity contribution in [2.45, 2.75) is 38.1 Å². The molecule has 0 bridgehead atoms. The van der Waals surface area contributed by atoms with E-state index in [2.05, 4.69) is 17.6 Å². The van der Waals surface area contributed by atoms with E-state index in [9.17, 15) is 9.59 Å². The summed E-state index contributed by atoms with van der Waals surface area (Å²) in [6, 6.07) is 17.5.